The van der Waals surface area contributed by atoms with Crippen LogP contribution < -0.4 is 4.31 Å². The molecule has 5 nitrogen and oxygen atoms in total. The van der Waals surface area contributed by atoms with Crippen molar-refractivity contribution in [2.75, 3.05) is 23.1 Å². The largest absolute Gasteiger partial charge is 0.336 e. The molecule has 0 bridgehead atoms. The molecule has 0 N–H and O–H groups in total. The van der Waals surface area contributed by atoms with Gasteiger partial charge in [-0.3, -0.25) is 9.10 Å². The quantitative estimate of drug-likeness (QED) is 0.798. The number of amides is 1. The molecule has 2 heterocycles. The van der Waals surface area contributed by atoms with Crippen LogP contribution in [0.1, 0.15) is 55.8 Å². The van der Waals surface area contributed by atoms with Gasteiger partial charge in [-0.2, -0.15) is 0 Å². The van der Waals surface area contributed by atoms with Gasteiger partial charge in [0.25, 0.3) is 5.91 Å². The number of rotatable bonds is 3. The van der Waals surface area contributed by atoms with Crippen molar-refractivity contribution >= 4 is 33.2 Å². The van der Waals surface area contributed by atoms with Crippen LogP contribution in [0, 0.1) is 0 Å². The normalized spacial score (nSPS) is 23.5. The van der Waals surface area contributed by atoms with Gasteiger partial charge in [-0.15, -0.1) is 0 Å². The summed E-state index contributed by atoms with van der Waals surface area (Å²) in [4.78, 5) is 15.0. The van der Waals surface area contributed by atoms with Crippen LogP contribution in [-0.4, -0.2) is 44.1 Å². The van der Waals surface area contributed by atoms with Gasteiger partial charge in [-0.1, -0.05) is 18.5 Å². The molecule has 1 aromatic rings. The van der Waals surface area contributed by atoms with Gasteiger partial charge in [0.2, 0.25) is 10.0 Å². The number of anilines is 1. The number of nitrogens with zero attached hydrogens (tertiary/aromatic N) is 2. The molecule has 138 valence electrons. The minimum absolute atomic E-state index is 0.0900. The molecule has 0 aliphatic carbocycles. The van der Waals surface area contributed by atoms with Crippen LogP contribution in [0.4, 0.5) is 5.69 Å². The van der Waals surface area contributed by atoms with Crippen LogP contribution in [0.25, 0.3) is 0 Å². The summed E-state index contributed by atoms with van der Waals surface area (Å²) in [6.45, 7) is 3.29. The minimum Gasteiger partial charge on any atom is -0.336 e. The van der Waals surface area contributed by atoms with E-state index in [4.69, 9.17) is 11.6 Å². The van der Waals surface area contributed by atoms with Crippen LogP contribution in [0.3, 0.4) is 0 Å². The van der Waals surface area contributed by atoms with E-state index < -0.39 is 10.0 Å². The maximum Gasteiger partial charge on any atom is 0.255 e. The molecule has 0 saturated carbocycles. The van der Waals surface area contributed by atoms with E-state index in [1.165, 1.54) is 4.31 Å². The van der Waals surface area contributed by atoms with Crippen molar-refractivity contribution in [2.24, 2.45) is 0 Å². The zero-order chi connectivity index (χ0) is 18.0. The topological polar surface area (TPSA) is 57.7 Å². The molecule has 0 aromatic heterocycles. The zero-order valence-corrected chi connectivity index (χ0v) is 16.2. The van der Waals surface area contributed by atoms with Crippen molar-refractivity contribution in [3.63, 3.8) is 0 Å². The molecule has 0 spiro atoms. The Balaban J connectivity index is 1.92. The first kappa shape index (κ1) is 18.5. The number of piperidine rings is 1. The monoisotopic (exact) mass is 384 g/mol. The summed E-state index contributed by atoms with van der Waals surface area (Å²) >= 11 is 6.30. The maximum atomic E-state index is 13.1. The Hall–Kier alpha value is -1.27. The second-order valence-electron chi connectivity index (χ2n) is 6.82. The highest BCUT2D eigenvalue weighted by molar-refractivity contribution is 7.92. The molecule has 1 unspecified atom stereocenters. The first-order valence-corrected chi connectivity index (χ1v) is 11.0. The van der Waals surface area contributed by atoms with Crippen molar-refractivity contribution in [1.29, 1.82) is 0 Å². The fourth-order valence-electron chi connectivity index (χ4n) is 3.76. The van der Waals surface area contributed by atoms with E-state index in [0.29, 0.717) is 29.2 Å². The van der Waals surface area contributed by atoms with Crippen LogP contribution >= 0.6 is 11.6 Å². The van der Waals surface area contributed by atoms with Gasteiger partial charge in [-0.05, 0) is 56.7 Å². The number of benzene rings is 1. The molecule has 0 radical (unpaired) electrons. The van der Waals surface area contributed by atoms with Gasteiger partial charge in [0, 0.05) is 19.1 Å². The standard InChI is InChI=1S/C18H25ClN2O3S/c1-2-14-7-3-4-10-20(14)18(22)16-13-15(8-9-17(16)19)21-11-5-6-12-25(21,23)24/h8-9,13-14H,2-7,10-12H2,1H3. The Morgan fingerprint density at radius 2 is 1.96 bits per heavy atom. The molecule has 2 aliphatic rings. The van der Waals surface area contributed by atoms with Crippen molar-refractivity contribution in [1.82, 2.24) is 4.90 Å². The predicted molar refractivity (Wildman–Crippen MR) is 101 cm³/mol. The molecule has 2 aliphatic heterocycles. The lowest BCUT2D eigenvalue weighted by Gasteiger charge is -2.36. The van der Waals surface area contributed by atoms with E-state index in [0.717, 1.165) is 38.6 Å². The van der Waals surface area contributed by atoms with Crippen molar-refractivity contribution in [3.8, 4) is 0 Å². The smallest absolute Gasteiger partial charge is 0.255 e. The second kappa shape index (κ2) is 7.54. The van der Waals surface area contributed by atoms with Gasteiger partial charge in [0.1, 0.15) is 0 Å². The van der Waals surface area contributed by atoms with E-state index in [1.54, 1.807) is 18.2 Å². The third-order valence-electron chi connectivity index (χ3n) is 5.18. The number of hydrogen-bond acceptors (Lipinski definition) is 3. The first-order chi connectivity index (χ1) is 11.9. The summed E-state index contributed by atoms with van der Waals surface area (Å²) in [5, 5.41) is 0.378. The highest BCUT2D eigenvalue weighted by Crippen LogP contribution is 2.30. The average Bonchev–Trinajstić information content (AvgIpc) is 2.61. The summed E-state index contributed by atoms with van der Waals surface area (Å²) in [5.41, 5.74) is 0.942. The molecule has 7 heteroatoms. The Morgan fingerprint density at radius 3 is 2.68 bits per heavy atom. The zero-order valence-electron chi connectivity index (χ0n) is 14.6. The number of sulfonamides is 1. The lowest BCUT2D eigenvalue weighted by molar-refractivity contribution is 0.0608. The molecular formula is C18H25ClN2O3S. The molecule has 1 aromatic carbocycles. The van der Waals surface area contributed by atoms with Crippen LogP contribution in [0.15, 0.2) is 18.2 Å². The number of likely N-dealkylation sites (tertiary alicyclic amines) is 1. The predicted octanol–water partition coefficient (Wildman–Crippen LogP) is 3.67. The number of carbonyl (C=O) groups is 1. The lowest BCUT2D eigenvalue weighted by atomic mass is 9.98. The molecule has 1 amide bonds. The summed E-state index contributed by atoms with van der Waals surface area (Å²) in [6, 6.07) is 5.21. The van der Waals surface area contributed by atoms with Gasteiger partial charge in [0.05, 0.1) is 22.0 Å². The van der Waals surface area contributed by atoms with Gasteiger partial charge >= 0.3 is 0 Å². The molecular weight excluding hydrogens is 360 g/mol. The Kier molecular flexibility index (Phi) is 5.58. The van der Waals surface area contributed by atoms with E-state index in [2.05, 4.69) is 6.92 Å². The van der Waals surface area contributed by atoms with E-state index in [9.17, 15) is 13.2 Å². The average molecular weight is 385 g/mol. The molecule has 2 saturated heterocycles. The van der Waals surface area contributed by atoms with Crippen molar-refractivity contribution in [3.05, 3.63) is 28.8 Å². The SMILES string of the molecule is CCC1CCCCN1C(=O)c1cc(N2CCCCS2(=O)=O)ccc1Cl. The summed E-state index contributed by atoms with van der Waals surface area (Å²) < 4.78 is 26.1. The minimum atomic E-state index is -3.31. The summed E-state index contributed by atoms with van der Waals surface area (Å²) in [5.74, 6) is 0.0657. The fraction of sp³-hybridized carbons (Fsp3) is 0.611. The molecule has 3 rings (SSSR count). The third kappa shape index (κ3) is 3.80. The van der Waals surface area contributed by atoms with Gasteiger partial charge < -0.3 is 4.90 Å². The highest BCUT2D eigenvalue weighted by Gasteiger charge is 2.30. The first-order valence-electron chi connectivity index (χ1n) is 9.05. The Labute approximate surface area is 155 Å². The Morgan fingerprint density at radius 1 is 1.20 bits per heavy atom. The van der Waals surface area contributed by atoms with Gasteiger partial charge in [-0.25, -0.2) is 8.42 Å². The van der Waals surface area contributed by atoms with Crippen LogP contribution in [0.2, 0.25) is 5.02 Å². The molecule has 1 atom stereocenters. The third-order valence-corrected chi connectivity index (χ3v) is 7.38. The number of carbonyl (C=O) groups excluding carboxylic acids is 1. The number of halogens is 1. The maximum absolute atomic E-state index is 13.1. The second-order valence-corrected chi connectivity index (χ2v) is 9.24. The van der Waals surface area contributed by atoms with Gasteiger partial charge in [0.15, 0.2) is 0 Å². The summed E-state index contributed by atoms with van der Waals surface area (Å²) in [7, 11) is -3.31. The highest BCUT2D eigenvalue weighted by atomic mass is 35.5. The van der Waals surface area contributed by atoms with Crippen LogP contribution in [0.5, 0.6) is 0 Å². The lowest BCUT2D eigenvalue weighted by Crippen LogP contribution is -2.43. The summed E-state index contributed by atoms with van der Waals surface area (Å²) in [6.07, 6.45) is 5.59. The van der Waals surface area contributed by atoms with E-state index in [1.807, 2.05) is 4.90 Å². The van der Waals surface area contributed by atoms with Crippen LogP contribution in [-0.2, 0) is 10.0 Å². The Bertz CT molecular complexity index is 751. The van der Waals surface area contributed by atoms with Crippen molar-refractivity contribution < 1.29 is 13.2 Å². The van der Waals surface area contributed by atoms with E-state index >= 15 is 0 Å². The van der Waals surface area contributed by atoms with E-state index in [-0.39, 0.29) is 17.7 Å². The molecule has 2 fully saturated rings. The number of hydrogen-bond donors (Lipinski definition) is 0. The fourth-order valence-corrected chi connectivity index (χ4v) is 5.59. The van der Waals surface area contributed by atoms with Crippen molar-refractivity contribution in [2.45, 2.75) is 51.5 Å². The molecule has 25 heavy (non-hydrogen) atoms.